The van der Waals surface area contributed by atoms with Crippen LogP contribution in [0.1, 0.15) is 22.7 Å². The van der Waals surface area contributed by atoms with Gasteiger partial charge in [-0.1, -0.05) is 23.4 Å². The van der Waals surface area contributed by atoms with Crippen molar-refractivity contribution in [1.29, 1.82) is 0 Å². The first-order valence-electron chi connectivity index (χ1n) is 9.69. The van der Waals surface area contributed by atoms with Gasteiger partial charge in [-0.25, -0.2) is 5.10 Å². The molecule has 1 unspecified atom stereocenters. The molecule has 1 aliphatic rings. The van der Waals surface area contributed by atoms with E-state index in [4.69, 9.17) is 4.52 Å². The summed E-state index contributed by atoms with van der Waals surface area (Å²) in [6, 6.07) is 10.6. The maximum absolute atomic E-state index is 13.0. The fourth-order valence-electron chi connectivity index (χ4n) is 3.82. The smallest absolute Gasteiger partial charge is 0.274 e. The molecule has 0 radical (unpaired) electrons. The molecule has 4 aromatic rings. The summed E-state index contributed by atoms with van der Waals surface area (Å²) in [5.74, 6) is 1.12. The van der Waals surface area contributed by atoms with Crippen molar-refractivity contribution >= 4 is 16.7 Å². The molecule has 150 valence electrons. The van der Waals surface area contributed by atoms with Gasteiger partial charge in [-0.2, -0.15) is 10.1 Å². The Bertz CT molecular complexity index is 1270. The molecule has 3 aromatic heterocycles. The van der Waals surface area contributed by atoms with Crippen molar-refractivity contribution in [3.63, 3.8) is 0 Å². The highest BCUT2D eigenvalue weighted by Gasteiger charge is 2.30. The Labute approximate surface area is 170 Å². The van der Waals surface area contributed by atoms with Gasteiger partial charge < -0.3 is 9.42 Å². The van der Waals surface area contributed by atoms with E-state index in [2.05, 4.69) is 25.3 Å². The van der Waals surface area contributed by atoms with Gasteiger partial charge in [-0.15, -0.1) is 0 Å². The largest absolute Gasteiger partial charge is 0.337 e. The second-order valence-electron chi connectivity index (χ2n) is 7.31. The van der Waals surface area contributed by atoms with Crippen LogP contribution in [0.4, 0.5) is 0 Å². The zero-order valence-corrected chi connectivity index (χ0v) is 16.0. The molecule has 1 aliphatic heterocycles. The molecule has 1 atom stereocenters. The summed E-state index contributed by atoms with van der Waals surface area (Å²) in [6.45, 7) is 1.20. The van der Waals surface area contributed by atoms with Gasteiger partial charge in [-0.05, 0) is 30.5 Å². The Morgan fingerprint density at radius 1 is 1.17 bits per heavy atom. The number of nitrogens with one attached hydrogen (secondary N) is 1. The van der Waals surface area contributed by atoms with Crippen molar-refractivity contribution in [3.8, 4) is 11.5 Å². The highest BCUT2D eigenvalue weighted by Crippen LogP contribution is 2.24. The van der Waals surface area contributed by atoms with Gasteiger partial charge in [0, 0.05) is 42.9 Å². The van der Waals surface area contributed by atoms with Gasteiger partial charge in [0.1, 0.15) is 0 Å². The highest BCUT2D eigenvalue weighted by atomic mass is 16.5. The van der Waals surface area contributed by atoms with Crippen LogP contribution in [0.5, 0.6) is 0 Å². The van der Waals surface area contributed by atoms with Gasteiger partial charge in [0.05, 0.1) is 5.39 Å². The minimum Gasteiger partial charge on any atom is -0.337 e. The third kappa shape index (κ3) is 3.34. The molecule has 1 amide bonds. The molecule has 0 aliphatic carbocycles. The van der Waals surface area contributed by atoms with Crippen LogP contribution in [0, 0.1) is 5.92 Å². The van der Waals surface area contributed by atoms with E-state index in [1.54, 1.807) is 41.6 Å². The number of hydrogen-bond donors (Lipinski definition) is 1. The lowest BCUT2D eigenvalue weighted by atomic mass is 10.0. The van der Waals surface area contributed by atoms with E-state index in [1.165, 1.54) is 0 Å². The molecule has 9 heteroatoms. The van der Waals surface area contributed by atoms with Crippen molar-refractivity contribution in [1.82, 2.24) is 30.2 Å². The molecule has 1 aromatic carbocycles. The third-order valence-corrected chi connectivity index (χ3v) is 5.34. The zero-order chi connectivity index (χ0) is 20.5. The molecular formula is C21H18N6O3. The molecule has 1 N–H and O–H groups in total. The van der Waals surface area contributed by atoms with Crippen LogP contribution in [0.25, 0.3) is 22.2 Å². The summed E-state index contributed by atoms with van der Waals surface area (Å²) >= 11 is 0. The number of nitrogens with zero attached hydrogens (tertiary/aromatic N) is 5. The molecule has 0 saturated carbocycles. The molecule has 0 bridgehead atoms. The first-order chi connectivity index (χ1) is 14.7. The predicted molar refractivity (Wildman–Crippen MR) is 108 cm³/mol. The first kappa shape index (κ1) is 18.2. The van der Waals surface area contributed by atoms with Crippen LogP contribution in [-0.4, -0.2) is 49.2 Å². The lowest BCUT2D eigenvalue weighted by Gasteiger charge is -2.16. The molecule has 4 heterocycles. The number of likely N-dealkylation sites (tertiary alicyclic amines) is 1. The van der Waals surface area contributed by atoms with Crippen LogP contribution in [0.15, 0.2) is 58.1 Å². The number of H-pyrrole nitrogens is 1. The number of rotatable bonds is 4. The Hall–Kier alpha value is -3.88. The van der Waals surface area contributed by atoms with Crippen LogP contribution in [0.3, 0.4) is 0 Å². The van der Waals surface area contributed by atoms with Crippen molar-refractivity contribution in [3.05, 3.63) is 70.7 Å². The van der Waals surface area contributed by atoms with E-state index in [0.717, 1.165) is 12.0 Å². The molecule has 30 heavy (non-hydrogen) atoms. The number of pyridine rings is 1. The Balaban J connectivity index is 1.30. The highest BCUT2D eigenvalue weighted by molar-refractivity contribution is 6.04. The molecular weight excluding hydrogens is 384 g/mol. The lowest BCUT2D eigenvalue weighted by molar-refractivity contribution is 0.0782. The van der Waals surface area contributed by atoms with Gasteiger partial charge in [-0.3, -0.25) is 14.6 Å². The molecule has 0 spiro atoms. The quantitative estimate of drug-likeness (QED) is 0.555. The summed E-state index contributed by atoms with van der Waals surface area (Å²) in [6.07, 6.45) is 4.81. The van der Waals surface area contributed by atoms with Crippen molar-refractivity contribution in [2.24, 2.45) is 5.92 Å². The number of hydrogen-bond acceptors (Lipinski definition) is 7. The SMILES string of the molecule is O=C(c1n[nH]c(=O)c2ccccc12)N1CCC(Cc2noc(-c3ccncc3)n2)C1. The number of amides is 1. The number of fused-ring (bicyclic) bond motifs is 1. The third-order valence-electron chi connectivity index (χ3n) is 5.34. The number of aromatic nitrogens is 5. The average Bonchev–Trinajstić information content (AvgIpc) is 3.45. The normalized spacial score (nSPS) is 16.3. The van der Waals surface area contributed by atoms with Crippen molar-refractivity contribution in [2.75, 3.05) is 13.1 Å². The maximum Gasteiger partial charge on any atom is 0.274 e. The molecule has 5 rings (SSSR count). The number of carbonyl (C=O) groups is 1. The number of carbonyl (C=O) groups excluding carboxylic acids is 1. The van der Waals surface area contributed by atoms with E-state index >= 15 is 0 Å². The van der Waals surface area contributed by atoms with E-state index in [9.17, 15) is 9.59 Å². The number of aromatic amines is 1. The van der Waals surface area contributed by atoms with E-state index in [1.807, 2.05) is 12.1 Å². The van der Waals surface area contributed by atoms with Crippen LogP contribution in [-0.2, 0) is 6.42 Å². The standard InChI is InChI=1S/C21H18N6O3/c28-19-16-4-2-1-3-15(16)18(24-25-19)21(29)27-10-7-13(12-27)11-17-23-20(30-26-17)14-5-8-22-9-6-14/h1-6,8-9,13H,7,10-12H2,(H,25,28). The van der Waals surface area contributed by atoms with Gasteiger partial charge in [0.2, 0.25) is 0 Å². The lowest BCUT2D eigenvalue weighted by Crippen LogP contribution is -2.31. The van der Waals surface area contributed by atoms with E-state index in [0.29, 0.717) is 42.0 Å². The zero-order valence-electron chi connectivity index (χ0n) is 16.0. The minimum atomic E-state index is -0.302. The van der Waals surface area contributed by atoms with Gasteiger partial charge in [0.25, 0.3) is 17.4 Å². The van der Waals surface area contributed by atoms with Gasteiger partial charge in [0.15, 0.2) is 11.5 Å². The summed E-state index contributed by atoms with van der Waals surface area (Å²) in [5, 5.41) is 11.5. The molecule has 1 fully saturated rings. The predicted octanol–water partition coefficient (Wildman–Crippen LogP) is 2.07. The monoisotopic (exact) mass is 402 g/mol. The number of benzene rings is 1. The Morgan fingerprint density at radius 3 is 2.80 bits per heavy atom. The second-order valence-corrected chi connectivity index (χ2v) is 7.31. The molecule has 9 nitrogen and oxygen atoms in total. The van der Waals surface area contributed by atoms with Crippen molar-refractivity contribution in [2.45, 2.75) is 12.8 Å². The summed E-state index contributed by atoms with van der Waals surface area (Å²) in [5.41, 5.74) is 0.789. The van der Waals surface area contributed by atoms with Crippen LogP contribution < -0.4 is 5.56 Å². The first-order valence-corrected chi connectivity index (χ1v) is 9.69. The van der Waals surface area contributed by atoms with E-state index in [-0.39, 0.29) is 23.1 Å². The topological polar surface area (TPSA) is 118 Å². The van der Waals surface area contributed by atoms with E-state index < -0.39 is 0 Å². The fraction of sp³-hybridized carbons (Fsp3) is 0.238. The molecule has 1 saturated heterocycles. The summed E-state index contributed by atoms with van der Waals surface area (Å²) in [7, 11) is 0. The summed E-state index contributed by atoms with van der Waals surface area (Å²) < 4.78 is 5.35. The Morgan fingerprint density at radius 2 is 1.97 bits per heavy atom. The Kier molecular flexibility index (Phi) is 4.55. The van der Waals surface area contributed by atoms with Crippen LogP contribution in [0.2, 0.25) is 0 Å². The summed E-state index contributed by atoms with van der Waals surface area (Å²) in [4.78, 5) is 35.2. The fourth-order valence-corrected chi connectivity index (χ4v) is 3.82. The van der Waals surface area contributed by atoms with Crippen LogP contribution >= 0.6 is 0 Å². The second kappa shape index (κ2) is 7.51. The average molecular weight is 402 g/mol. The van der Waals surface area contributed by atoms with Crippen molar-refractivity contribution < 1.29 is 9.32 Å². The van der Waals surface area contributed by atoms with Gasteiger partial charge >= 0.3 is 0 Å². The maximum atomic E-state index is 13.0. The minimum absolute atomic E-state index is 0.185.